The summed E-state index contributed by atoms with van der Waals surface area (Å²) in [5.74, 6) is 3.58. The van der Waals surface area contributed by atoms with E-state index in [0.717, 1.165) is 39.5 Å². The first-order valence-corrected chi connectivity index (χ1v) is 8.41. The summed E-state index contributed by atoms with van der Waals surface area (Å²) in [6, 6.07) is 4.44. The largest absolute Gasteiger partial charge is 0.331 e. The van der Waals surface area contributed by atoms with Crippen molar-refractivity contribution in [3.05, 3.63) is 26.9 Å². The van der Waals surface area contributed by atoms with Crippen molar-refractivity contribution in [3.8, 4) is 0 Å². The van der Waals surface area contributed by atoms with Crippen molar-refractivity contribution in [2.45, 2.75) is 25.3 Å². The van der Waals surface area contributed by atoms with Gasteiger partial charge in [-0.05, 0) is 67.3 Å². The predicted octanol–water partition coefficient (Wildman–Crippen LogP) is 5.22. The highest BCUT2D eigenvalue weighted by Gasteiger charge is 2.66. The zero-order valence-electron chi connectivity index (χ0n) is 10.8. The van der Waals surface area contributed by atoms with Gasteiger partial charge in [-0.3, -0.25) is 0 Å². The second-order valence-corrected chi connectivity index (χ2v) is 7.76. The van der Waals surface area contributed by atoms with Gasteiger partial charge >= 0.3 is 0 Å². The van der Waals surface area contributed by atoms with Crippen molar-refractivity contribution in [2.75, 3.05) is 0 Å². The number of fused-ring (bicyclic) bond motifs is 6. The molecule has 0 amide bonds. The minimum absolute atomic E-state index is 0.582. The molecule has 1 heterocycles. The maximum absolute atomic E-state index is 6.19. The van der Waals surface area contributed by atoms with Crippen LogP contribution in [0.3, 0.4) is 0 Å². The van der Waals surface area contributed by atoms with Gasteiger partial charge in [-0.15, -0.1) is 0 Å². The molecule has 3 fully saturated rings. The van der Waals surface area contributed by atoms with E-state index in [1.165, 1.54) is 19.3 Å². The van der Waals surface area contributed by atoms with Gasteiger partial charge in [-0.1, -0.05) is 23.2 Å². The molecule has 3 saturated carbocycles. The second kappa shape index (κ2) is 3.82. The van der Waals surface area contributed by atoms with Gasteiger partial charge in [0, 0.05) is 6.04 Å². The zero-order chi connectivity index (χ0) is 13.6. The summed E-state index contributed by atoms with van der Waals surface area (Å²) in [5, 5.41) is 1.19. The van der Waals surface area contributed by atoms with Gasteiger partial charge in [0.15, 0.2) is 4.77 Å². The van der Waals surface area contributed by atoms with Crippen LogP contribution in [0.25, 0.3) is 11.0 Å². The minimum atomic E-state index is 0.582. The fourth-order valence-corrected chi connectivity index (χ4v) is 5.69. The van der Waals surface area contributed by atoms with E-state index in [9.17, 15) is 0 Å². The molecule has 0 radical (unpaired) electrons. The number of H-pyrrole nitrogens is 1. The minimum Gasteiger partial charge on any atom is -0.331 e. The van der Waals surface area contributed by atoms with Crippen LogP contribution in [0.2, 0.25) is 10.0 Å². The zero-order valence-corrected chi connectivity index (χ0v) is 13.1. The molecule has 0 spiro atoms. The van der Waals surface area contributed by atoms with Crippen LogP contribution >= 0.6 is 35.4 Å². The topological polar surface area (TPSA) is 20.7 Å². The molecule has 1 aromatic carbocycles. The number of nitrogens with one attached hydrogen (secondary N) is 1. The Morgan fingerprint density at radius 3 is 2.45 bits per heavy atom. The molecule has 20 heavy (non-hydrogen) atoms. The summed E-state index contributed by atoms with van der Waals surface area (Å²) >= 11 is 17.8. The average molecular weight is 325 g/mol. The van der Waals surface area contributed by atoms with E-state index in [-0.39, 0.29) is 0 Å². The quantitative estimate of drug-likeness (QED) is 0.713. The fourth-order valence-electron chi connectivity index (χ4n) is 5.04. The van der Waals surface area contributed by atoms with Crippen LogP contribution in [-0.4, -0.2) is 9.55 Å². The Hall–Kier alpha value is -0.510. The third-order valence-corrected chi connectivity index (χ3v) is 6.77. The van der Waals surface area contributed by atoms with Crippen LogP contribution in [0.5, 0.6) is 0 Å². The molecule has 2 bridgehead atoms. The number of halogens is 2. The summed E-state index contributed by atoms with van der Waals surface area (Å²) in [6.07, 6.45) is 4.29. The van der Waals surface area contributed by atoms with E-state index in [0.29, 0.717) is 16.1 Å². The van der Waals surface area contributed by atoms with Crippen molar-refractivity contribution in [1.82, 2.24) is 9.55 Å². The van der Waals surface area contributed by atoms with Crippen molar-refractivity contribution >= 4 is 46.5 Å². The highest BCUT2D eigenvalue weighted by atomic mass is 35.5. The Labute approximate surface area is 132 Å². The van der Waals surface area contributed by atoms with Crippen molar-refractivity contribution in [3.63, 3.8) is 0 Å². The van der Waals surface area contributed by atoms with Gasteiger partial charge in [0.2, 0.25) is 0 Å². The van der Waals surface area contributed by atoms with Crippen LogP contribution in [0.4, 0.5) is 0 Å². The van der Waals surface area contributed by atoms with Gasteiger partial charge in [0.05, 0.1) is 21.1 Å². The Balaban J connectivity index is 1.69. The number of imidazole rings is 1. The standard InChI is InChI=1S/C15H14Cl2N2S/c16-8-4-10-11(5-9(8)17)19(15(20)18-10)14-12-6-1-2-7(3-6)13(12)14/h4-7,12-14H,1-3H2,(H,18,20). The summed E-state index contributed by atoms with van der Waals surface area (Å²) in [6.45, 7) is 0. The molecule has 3 aliphatic carbocycles. The molecule has 2 nitrogen and oxygen atoms in total. The molecule has 3 aliphatic rings. The lowest BCUT2D eigenvalue weighted by Gasteiger charge is -2.11. The van der Waals surface area contributed by atoms with Gasteiger partial charge < -0.3 is 9.55 Å². The number of aromatic nitrogens is 2. The summed E-state index contributed by atoms with van der Waals surface area (Å²) in [7, 11) is 0. The molecule has 2 aromatic rings. The molecule has 1 aromatic heterocycles. The van der Waals surface area contributed by atoms with Gasteiger partial charge in [-0.25, -0.2) is 0 Å². The molecule has 5 heteroatoms. The lowest BCUT2D eigenvalue weighted by atomic mass is 10.0. The highest BCUT2D eigenvalue weighted by molar-refractivity contribution is 7.71. The maximum atomic E-state index is 6.19. The molecule has 5 rings (SSSR count). The average Bonchev–Trinajstić information content (AvgIpc) is 2.73. The first kappa shape index (κ1) is 12.1. The number of hydrogen-bond donors (Lipinski definition) is 1. The highest BCUT2D eigenvalue weighted by Crippen LogP contribution is 2.71. The van der Waals surface area contributed by atoms with Gasteiger partial charge in [-0.2, -0.15) is 0 Å². The van der Waals surface area contributed by atoms with E-state index >= 15 is 0 Å². The first-order chi connectivity index (χ1) is 9.65. The molecular weight excluding hydrogens is 311 g/mol. The second-order valence-electron chi connectivity index (χ2n) is 6.56. The van der Waals surface area contributed by atoms with E-state index < -0.39 is 0 Å². The molecule has 0 saturated heterocycles. The lowest BCUT2D eigenvalue weighted by Crippen LogP contribution is -2.05. The van der Waals surface area contributed by atoms with Crippen LogP contribution in [0.1, 0.15) is 25.3 Å². The Morgan fingerprint density at radius 2 is 1.75 bits per heavy atom. The monoisotopic (exact) mass is 324 g/mol. The molecular formula is C15H14Cl2N2S. The van der Waals surface area contributed by atoms with Crippen LogP contribution in [0.15, 0.2) is 12.1 Å². The smallest absolute Gasteiger partial charge is 0.178 e. The third-order valence-electron chi connectivity index (χ3n) is 5.75. The number of benzene rings is 1. The van der Waals surface area contributed by atoms with Crippen molar-refractivity contribution in [2.24, 2.45) is 23.7 Å². The fraction of sp³-hybridized carbons (Fsp3) is 0.533. The molecule has 4 atom stereocenters. The third kappa shape index (κ3) is 1.39. The normalized spacial score (nSPS) is 37.6. The number of hydrogen-bond acceptors (Lipinski definition) is 1. The van der Waals surface area contributed by atoms with E-state index in [1.807, 2.05) is 12.1 Å². The number of nitrogens with zero attached hydrogens (tertiary/aromatic N) is 1. The Morgan fingerprint density at radius 1 is 1.10 bits per heavy atom. The summed E-state index contributed by atoms with van der Waals surface area (Å²) in [5.41, 5.74) is 2.12. The van der Waals surface area contributed by atoms with E-state index in [2.05, 4.69) is 9.55 Å². The van der Waals surface area contributed by atoms with Crippen LogP contribution in [0, 0.1) is 28.4 Å². The molecule has 104 valence electrons. The van der Waals surface area contributed by atoms with Crippen LogP contribution < -0.4 is 0 Å². The van der Waals surface area contributed by atoms with Crippen LogP contribution in [-0.2, 0) is 0 Å². The summed E-state index contributed by atoms with van der Waals surface area (Å²) in [4.78, 5) is 3.29. The molecule has 4 unspecified atom stereocenters. The number of aromatic amines is 1. The van der Waals surface area contributed by atoms with Crippen molar-refractivity contribution in [1.29, 1.82) is 0 Å². The van der Waals surface area contributed by atoms with E-state index in [4.69, 9.17) is 35.4 Å². The maximum Gasteiger partial charge on any atom is 0.178 e. The lowest BCUT2D eigenvalue weighted by molar-refractivity contribution is 0.456. The first-order valence-electron chi connectivity index (χ1n) is 7.24. The van der Waals surface area contributed by atoms with Gasteiger partial charge in [0.1, 0.15) is 0 Å². The van der Waals surface area contributed by atoms with Crippen molar-refractivity contribution < 1.29 is 0 Å². The Bertz CT molecular complexity index is 777. The predicted molar refractivity (Wildman–Crippen MR) is 84.0 cm³/mol. The van der Waals surface area contributed by atoms with E-state index in [1.54, 1.807) is 0 Å². The SMILES string of the molecule is S=c1[nH]c2cc(Cl)c(Cl)cc2n1C1C2C3CCC(C3)C21. The summed E-state index contributed by atoms with van der Waals surface area (Å²) < 4.78 is 3.13. The van der Waals surface area contributed by atoms with Gasteiger partial charge in [0.25, 0.3) is 0 Å². The number of rotatable bonds is 1. The molecule has 0 aliphatic heterocycles. The Kier molecular flexibility index (Phi) is 2.31. The molecule has 1 N–H and O–H groups in total.